The molecule has 0 aromatic heterocycles. The number of nitrogens with zero attached hydrogens (tertiary/aromatic N) is 1. The summed E-state index contributed by atoms with van der Waals surface area (Å²) in [6.07, 6.45) is 2.38. The summed E-state index contributed by atoms with van der Waals surface area (Å²) in [6.45, 7) is 7.09. The molecule has 0 spiro atoms. The molecule has 15 heavy (non-hydrogen) atoms. The van der Waals surface area contributed by atoms with Gasteiger partial charge >= 0.3 is 0 Å². The van der Waals surface area contributed by atoms with Crippen LogP contribution in [0, 0.1) is 0 Å². The predicted octanol–water partition coefficient (Wildman–Crippen LogP) is 2.86. The Hall–Kier alpha value is -1.40. The lowest BCUT2D eigenvalue weighted by Gasteiger charge is -2.22. The van der Waals surface area contributed by atoms with Crippen LogP contribution < -0.4 is 0 Å². The Kier molecular flexibility index (Phi) is 3.81. The maximum Gasteiger partial charge on any atom is 0.234 e. The van der Waals surface area contributed by atoms with E-state index in [0.29, 0.717) is 6.54 Å². The van der Waals surface area contributed by atoms with E-state index in [2.05, 4.69) is 37.9 Å². The minimum Gasteiger partial charge on any atom is -0.211 e. The fraction of sp³-hybridized carbons (Fsp3) is 0.462. The van der Waals surface area contributed by atoms with Crippen LogP contribution in [0.1, 0.15) is 31.9 Å². The highest BCUT2D eigenvalue weighted by Gasteiger charge is 2.16. The smallest absolute Gasteiger partial charge is 0.211 e. The van der Waals surface area contributed by atoms with E-state index in [9.17, 15) is 4.79 Å². The van der Waals surface area contributed by atoms with Crippen LogP contribution in [0.2, 0.25) is 0 Å². The fourth-order valence-corrected chi connectivity index (χ4v) is 1.69. The molecule has 0 unspecified atom stereocenters. The van der Waals surface area contributed by atoms with E-state index in [4.69, 9.17) is 0 Å². The van der Waals surface area contributed by atoms with Gasteiger partial charge < -0.3 is 0 Å². The maximum atomic E-state index is 9.99. The van der Waals surface area contributed by atoms with E-state index in [-0.39, 0.29) is 5.41 Å². The Morgan fingerprint density at radius 2 is 1.93 bits per heavy atom. The fourth-order valence-electron chi connectivity index (χ4n) is 1.69. The molecule has 2 heteroatoms. The number of hydrogen-bond acceptors (Lipinski definition) is 2. The monoisotopic (exact) mass is 203 g/mol. The van der Waals surface area contributed by atoms with Gasteiger partial charge in [0.25, 0.3) is 0 Å². The van der Waals surface area contributed by atoms with Crippen LogP contribution in [0.15, 0.2) is 29.3 Å². The summed E-state index contributed by atoms with van der Waals surface area (Å²) in [4.78, 5) is 13.6. The molecule has 0 saturated carbocycles. The van der Waals surface area contributed by atoms with Crippen LogP contribution in [-0.4, -0.2) is 12.6 Å². The molecule has 0 aliphatic heterocycles. The van der Waals surface area contributed by atoms with Gasteiger partial charge in [-0.05, 0) is 23.0 Å². The normalized spacial score (nSPS) is 10.9. The first-order chi connectivity index (χ1) is 7.05. The minimum absolute atomic E-state index is 0.140. The number of isocyanates is 1. The molecule has 80 valence electrons. The van der Waals surface area contributed by atoms with E-state index in [1.807, 2.05) is 12.1 Å². The zero-order valence-electron chi connectivity index (χ0n) is 9.58. The van der Waals surface area contributed by atoms with Gasteiger partial charge in [0.05, 0.1) is 6.54 Å². The highest BCUT2D eigenvalue weighted by Crippen LogP contribution is 2.25. The number of hydrogen-bond donors (Lipinski definition) is 0. The summed E-state index contributed by atoms with van der Waals surface area (Å²) in [6, 6.07) is 8.31. The lowest BCUT2D eigenvalue weighted by atomic mass is 9.83. The summed E-state index contributed by atoms with van der Waals surface area (Å²) in [5.74, 6) is 0. The zero-order valence-corrected chi connectivity index (χ0v) is 9.58. The van der Waals surface area contributed by atoms with Gasteiger partial charge in [-0.15, -0.1) is 0 Å². The second-order valence-electron chi connectivity index (χ2n) is 4.63. The quantitative estimate of drug-likeness (QED) is 0.548. The second kappa shape index (κ2) is 4.90. The van der Waals surface area contributed by atoms with Gasteiger partial charge in [-0.25, -0.2) is 9.79 Å². The summed E-state index contributed by atoms with van der Waals surface area (Å²) >= 11 is 0. The lowest BCUT2D eigenvalue weighted by Crippen LogP contribution is -2.14. The van der Waals surface area contributed by atoms with E-state index >= 15 is 0 Å². The average molecular weight is 203 g/mol. The first kappa shape index (κ1) is 11.7. The molecule has 0 saturated heterocycles. The molecule has 0 heterocycles. The highest BCUT2D eigenvalue weighted by molar-refractivity contribution is 5.35. The molecular weight excluding hydrogens is 186 g/mol. The number of carbonyl (C=O) groups excluding carboxylic acids is 1. The molecule has 1 aromatic rings. The van der Waals surface area contributed by atoms with Crippen LogP contribution in [0.5, 0.6) is 0 Å². The molecule has 1 rings (SSSR count). The van der Waals surface area contributed by atoms with Gasteiger partial charge in [0.1, 0.15) is 0 Å². The van der Waals surface area contributed by atoms with Gasteiger partial charge in [-0.3, -0.25) is 0 Å². The molecule has 0 atom stereocenters. The average Bonchev–Trinajstić information content (AvgIpc) is 2.17. The Morgan fingerprint density at radius 3 is 2.53 bits per heavy atom. The molecule has 0 bridgehead atoms. The maximum absolute atomic E-state index is 9.99. The predicted molar refractivity (Wildman–Crippen MR) is 61.8 cm³/mol. The molecular formula is C13H17NO. The van der Waals surface area contributed by atoms with Crippen molar-refractivity contribution in [3.05, 3.63) is 35.4 Å². The zero-order chi connectivity index (χ0) is 11.3. The van der Waals surface area contributed by atoms with Crippen molar-refractivity contribution in [2.24, 2.45) is 4.99 Å². The molecule has 0 fully saturated rings. The molecule has 1 aromatic carbocycles. The van der Waals surface area contributed by atoms with Crippen molar-refractivity contribution >= 4 is 6.08 Å². The van der Waals surface area contributed by atoms with Gasteiger partial charge in [0.15, 0.2) is 0 Å². The number of rotatable bonds is 3. The standard InChI is InChI=1S/C13H17NO/c1-13(2,3)12-7-5-4-6-11(12)8-9-14-10-15/h4-7H,8-9H2,1-3H3. The van der Waals surface area contributed by atoms with Crippen molar-refractivity contribution < 1.29 is 4.79 Å². The largest absolute Gasteiger partial charge is 0.234 e. The van der Waals surface area contributed by atoms with Crippen molar-refractivity contribution in [2.75, 3.05) is 6.54 Å². The molecule has 0 amide bonds. The number of aliphatic imine (C=N–C) groups is 1. The Bertz CT molecular complexity index is 370. The van der Waals surface area contributed by atoms with Crippen LogP contribution in [0.25, 0.3) is 0 Å². The number of benzene rings is 1. The molecule has 0 radical (unpaired) electrons. The Labute approximate surface area is 91.0 Å². The third-order valence-electron chi connectivity index (χ3n) is 2.38. The van der Waals surface area contributed by atoms with Gasteiger partial charge in [-0.2, -0.15) is 0 Å². The molecule has 0 N–H and O–H groups in total. The SMILES string of the molecule is CC(C)(C)c1ccccc1CCN=C=O. The Morgan fingerprint density at radius 1 is 1.27 bits per heavy atom. The summed E-state index contributed by atoms with van der Waals surface area (Å²) < 4.78 is 0. The van der Waals surface area contributed by atoms with Gasteiger partial charge in [0, 0.05) is 0 Å². The van der Waals surface area contributed by atoms with Gasteiger partial charge in [-0.1, -0.05) is 45.0 Å². The highest BCUT2D eigenvalue weighted by atomic mass is 16.1. The minimum atomic E-state index is 0.140. The topological polar surface area (TPSA) is 29.4 Å². The van der Waals surface area contributed by atoms with Crippen molar-refractivity contribution in [2.45, 2.75) is 32.6 Å². The van der Waals surface area contributed by atoms with Crippen LogP contribution >= 0.6 is 0 Å². The molecule has 0 aliphatic carbocycles. The van der Waals surface area contributed by atoms with Crippen LogP contribution in [0.4, 0.5) is 0 Å². The first-order valence-corrected chi connectivity index (χ1v) is 5.17. The van der Waals surface area contributed by atoms with Gasteiger partial charge in [0.2, 0.25) is 6.08 Å². The van der Waals surface area contributed by atoms with E-state index < -0.39 is 0 Å². The first-order valence-electron chi connectivity index (χ1n) is 5.17. The van der Waals surface area contributed by atoms with Crippen LogP contribution in [0.3, 0.4) is 0 Å². The van der Waals surface area contributed by atoms with Crippen molar-refractivity contribution in [3.8, 4) is 0 Å². The summed E-state index contributed by atoms with van der Waals surface area (Å²) in [7, 11) is 0. The van der Waals surface area contributed by atoms with Crippen LogP contribution in [-0.2, 0) is 16.6 Å². The molecule has 2 nitrogen and oxygen atoms in total. The van der Waals surface area contributed by atoms with E-state index in [0.717, 1.165) is 6.42 Å². The lowest BCUT2D eigenvalue weighted by molar-refractivity contribution is 0.562. The third-order valence-corrected chi connectivity index (χ3v) is 2.38. The van der Waals surface area contributed by atoms with Crippen molar-refractivity contribution in [3.63, 3.8) is 0 Å². The van der Waals surface area contributed by atoms with Crippen molar-refractivity contribution in [1.29, 1.82) is 0 Å². The van der Waals surface area contributed by atoms with E-state index in [1.54, 1.807) is 6.08 Å². The molecule has 0 aliphatic rings. The Balaban J connectivity index is 2.91. The second-order valence-corrected chi connectivity index (χ2v) is 4.63. The third kappa shape index (κ3) is 3.34. The van der Waals surface area contributed by atoms with Crippen molar-refractivity contribution in [1.82, 2.24) is 0 Å². The van der Waals surface area contributed by atoms with E-state index in [1.165, 1.54) is 11.1 Å². The summed E-state index contributed by atoms with van der Waals surface area (Å²) in [5, 5.41) is 0. The summed E-state index contributed by atoms with van der Waals surface area (Å²) in [5.41, 5.74) is 2.73.